The minimum atomic E-state index is -0.937. The van der Waals surface area contributed by atoms with Gasteiger partial charge in [-0.2, -0.15) is 0 Å². The van der Waals surface area contributed by atoms with Gasteiger partial charge in [0.15, 0.2) is 11.3 Å². The van der Waals surface area contributed by atoms with Gasteiger partial charge in [-0.1, -0.05) is 24.3 Å². The lowest BCUT2D eigenvalue weighted by atomic mass is 10.1. The average molecular weight is 272 g/mol. The molecule has 1 aromatic heterocycles. The number of halogens is 1. The summed E-state index contributed by atoms with van der Waals surface area (Å²) in [4.78, 5) is 0. The van der Waals surface area contributed by atoms with Gasteiger partial charge in [-0.3, -0.25) is 0 Å². The molecule has 2 aromatic carbocycles. The molecule has 0 aliphatic carbocycles. The fourth-order valence-electron chi connectivity index (χ4n) is 2.16. The molecule has 0 bridgehead atoms. The first kappa shape index (κ1) is 12.7. The number of para-hydroxylation sites is 1. The summed E-state index contributed by atoms with van der Waals surface area (Å²) in [6.45, 7) is 0. The summed E-state index contributed by atoms with van der Waals surface area (Å²) in [7, 11) is 1.56. The molecule has 1 unspecified atom stereocenters. The molecule has 1 heterocycles. The van der Waals surface area contributed by atoms with E-state index >= 15 is 0 Å². The average Bonchev–Trinajstić information content (AvgIpc) is 2.91. The molecule has 0 amide bonds. The summed E-state index contributed by atoms with van der Waals surface area (Å²) in [5.74, 6) is 0.670. The Hall–Kier alpha value is -2.33. The Labute approximate surface area is 115 Å². The van der Waals surface area contributed by atoms with Crippen molar-refractivity contribution >= 4 is 11.0 Å². The zero-order valence-electron chi connectivity index (χ0n) is 10.8. The van der Waals surface area contributed by atoms with Crippen LogP contribution in [0.2, 0.25) is 0 Å². The Balaban J connectivity index is 2.03. The molecule has 0 radical (unpaired) electrons. The van der Waals surface area contributed by atoms with Gasteiger partial charge in [-0.05, 0) is 29.8 Å². The predicted octanol–water partition coefficient (Wildman–Crippen LogP) is 3.66. The summed E-state index contributed by atoms with van der Waals surface area (Å²) in [5, 5.41) is 11.1. The van der Waals surface area contributed by atoms with Crippen LogP contribution >= 0.6 is 0 Å². The smallest absolute Gasteiger partial charge is 0.176 e. The predicted molar refractivity (Wildman–Crippen MR) is 73.2 cm³/mol. The van der Waals surface area contributed by atoms with Crippen molar-refractivity contribution in [2.45, 2.75) is 6.10 Å². The fourth-order valence-corrected chi connectivity index (χ4v) is 2.16. The largest absolute Gasteiger partial charge is 0.493 e. The molecule has 0 saturated heterocycles. The third-order valence-corrected chi connectivity index (χ3v) is 3.20. The zero-order valence-corrected chi connectivity index (χ0v) is 10.8. The lowest BCUT2D eigenvalue weighted by Crippen LogP contribution is -1.97. The molecule has 3 nitrogen and oxygen atoms in total. The molecule has 1 N–H and O–H groups in total. The monoisotopic (exact) mass is 272 g/mol. The van der Waals surface area contributed by atoms with E-state index in [-0.39, 0.29) is 5.82 Å². The van der Waals surface area contributed by atoms with Crippen molar-refractivity contribution < 1.29 is 18.7 Å². The number of hydrogen-bond donors (Lipinski definition) is 1. The highest BCUT2D eigenvalue weighted by atomic mass is 19.1. The van der Waals surface area contributed by atoms with Crippen LogP contribution in [0.5, 0.6) is 5.75 Å². The summed E-state index contributed by atoms with van der Waals surface area (Å²) in [6, 6.07) is 13.0. The Bertz CT molecular complexity index is 731. The van der Waals surface area contributed by atoms with Crippen molar-refractivity contribution in [3.05, 3.63) is 65.7 Å². The maximum absolute atomic E-state index is 12.9. The zero-order chi connectivity index (χ0) is 14.1. The van der Waals surface area contributed by atoms with E-state index in [1.807, 2.05) is 12.1 Å². The molecule has 0 aliphatic rings. The fraction of sp³-hybridized carbons (Fsp3) is 0.125. The van der Waals surface area contributed by atoms with E-state index in [0.717, 1.165) is 5.39 Å². The molecule has 0 aliphatic heterocycles. The molecular weight excluding hydrogens is 259 g/mol. The van der Waals surface area contributed by atoms with Gasteiger partial charge in [0.2, 0.25) is 0 Å². The van der Waals surface area contributed by atoms with Crippen LogP contribution in [0, 0.1) is 5.82 Å². The topological polar surface area (TPSA) is 42.6 Å². The summed E-state index contributed by atoms with van der Waals surface area (Å²) < 4.78 is 23.8. The van der Waals surface area contributed by atoms with Crippen LogP contribution in [0.3, 0.4) is 0 Å². The van der Waals surface area contributed by atoms with E-state index in [4.69, 9.17) is 9.15 Å². The minimum Gasteiger partial charge on any atom is -0.493 e. The Morgan fingerprint density at radius 2 is 1.90 bits per heavy atom. The maximum atomic E-state index is 12.9. The molecule has 0 spiro atoms. The van der Waals surface area contributed by atoms with E-state index in [0.29, 0.717) is 22.7 Å². The van der Waals surface area contributed by atoms with Crippen molar-refractivity contribution in [3.63, 3.8) is 0 Å². The van der Waals surface area contributed by atoms with E-state index < -0.39 is 6.10 Å². The molecule has 20 heavy (non-hydrogen) atoms. The van der Waals surface area contributed by atoms with Crippen LogP contribution in [0.25, 0.3) is 11.0 Å². The molecular formula is C16H13FO3. The maximum Gasteiger partial charge on any atom is 0.176 e. The molecule has 102 valence electrons. The van der Waals surface area contributed by atoms with E-state index in [2.05, 4.69) is 0 Å². The molecule has 4 heteroatoms. The third kappa shape index (κ3) is 2.14. The van der Waals surface area contributed by atoms with Crippen molar-refractivity contribution in [3.8, 4) is 5.75 Å². The molecule has 1 atom stereocenters. The van der Waals surface area contributed by atoms with Crippen LogP contribution in [0.4, 0.5) is 4.39 Å². The highest BCUT2D eigenvalue weighted by Crippen LogP contribution is 2.33. The number of fused-ring (bicyclic) bond motifs is 1. The minimum absolute atomic E-state index is 0.341. The highest BCUT2D eigenvalue weighted by Gasteiger charge is 2.17. The number of hydrogen-bond acceptors (Lipinski definition) is 3. The van der Waals surface area contributed by atoms with Crippen LogP contribution < -0.4 is 4.74 Å². The molecule has 0 saturated carbocycles. The number of furan rings is 1. The second kappa shape index (κ2) is 4.98. The lowest BCUT2D eigenvalue weighted by Gasteiger charge is -2.07. The number of ether oxygens (including phenoxy) is 1. The van der Waals surface area contributed by atoms with E-state index in [1.54, 1.807) is 19.2 Å². The van der Waals surface area contributed by atoms with Gasteiger partial charge in [-0.25, -0.2) is 4.39 Å². The number of rotatable bonds is 3. The standard InChI is InChI=1S/C16H13FO3/c1-19-13-4-2-3-11-9-14(20-16(11)13)15(18)10-5-7-12(17)8-6-10/h2-9,15,18H,1H3. The first-order valence-electron chi connectivity index (χ1n) is 6.19. The highest BCUT2D eigenvalue weighted by molar-refractivity contribution is 5.83. The van der Waals surface area contributed by atoms with Crippen molar-refractivity contribution in [1.29, 1.82) is 0 Å². The van der Waals surface area contributed by atoms with Crippen molar-refractivity contribution in [2.75, 3.05) is 7.11 Å². The normalized spacial score (nSPS) is 12.6. The quantitative estimate of drug-likeness (QED) is 0.791. The number of benzene rings is 2. The molecule has 0 fully saturated rings. The Morgan fingerprint density at radius 3 is 2.60 bits per heavy atom. The second-order valence-corrected chi connectivity index (χ2v) is 4.48. The van der Waals surface area contributed by atoms with Gasteiger partial charge in [0.1, 0.15) is 17.7 Å². The SMILES string of the molecule is COc1cccc2cc(C(O)c3ccc(F)cc3)oc12. The molecule has 3 rings (SSSR count). The third-order valence-electron chi connectivity index (χ3n) is 3.20. The van der Waals surface area contributed by atoms with Gasteiger partial charge in [0.25, 0.3) is 0 Å². The van der Waals surface area contributed by atoms with Crippen LogP contribution in [-0.2, 0) is 0 Å². The second-order valence-electron chi connectivity index (χ2n) is 4.48. The Morgan fingerprint density at radius 1 is 1.15 bits per heavy atom. The van der Waals surface area contributed by atoms with E-state index in [1.165, 1.54) is 24.3 Å². The first-order valence-corrected chi connectivity index (χ1v) is 6.19. The van der Waals surface area contributed by atoms with Crippen molar-refractivity contribution in [2.24, 2.45) is 0 Å². The summed E-state index contributed by atoms with van der Waals surface area (Å²) in [5.41, 5.74) is 1.16. The lowest BCUT2D eigenvalue weighted by molar-refractivity contribution is 0.192. The number of aliphatic hydroxyl groups excluding tert-OH is 1. The summed E-state index contributed by atoms with van der Waals surface area (Å²) >= 11 is 0. The van der Waals surface area contributed by atoms with Gasteiger partial charge in [-0.15, -0.1) is 0 Å². The van der Waals surface area contributed by atoms with Crippen LogP contribution in [0.1, 0.15) is 17.4 Å². The first-order chi connectivity index (χ1) is 9.69. The number of aliphatic hydroxyl groups is 1. The Kier molecular flexibility index (Phi) is 3.16. The van der Waals surface area contributed by atoms with Gasteiger partial charge in [0.05, 0.1) is 7.11 Å². The van der Waals surface area contributed by atoms with Crippen molar-refractivity contribution in [1.82, 2.24) is 0 Å². The molecule has 3 aromatic rings. The van der Waals surface area contributed by atoms with Gasteiger partial charge in [0, 0.05) is 5.39 Å². The summed E-state index contributed by atoms with van der Waals surface area (Å²) in [6.07, 6.45) is -0.937. The van der Waals surface area contributed by atoms with E-state index in [9.17, 15) is 9.50 Å². The van der Waals surface area contributed by atoms with Gasteiger partial charge >= 0.3 is 0 Å². The van der Waals surface area contributed by atoms with Crippen LogP contribution in [0.15, 0.2) is 52.9 Å². The van der Waals surface area contributed by atoms with Gasteiger partial charge < -0.3 is 14.3 Å². The van der Waals surface area contributed by atoms with Crippen LogP contribution in [-0.4, -0.2) is 12.2 Å². The number of methoxy groups -OCH3 is 1.